The Hall–Kier alpha value is 0.210. The highest BCUT2D eigenvalue weighted by Crippen LogP contribution is 2.12. The summed E-state index contributed by atoms with van der Waals surface area (Å²) in [6.07, 6.45) is 17.4. The van der Waals surface area contributed by atoms with Crippen LogP contribution >= 0.6 is 0 Å². The van der Waals surface area contributed by atoms with E-state index < -0.39 is 0 Å². The van der Waals surface area contributed by atoms with Crippen LogP contribution in [0.5, 0.6) is 0 Å². The van der Waals surface area contributed by atoms with E-state index in [1.165, 1.54) is 83.6 Å². The quantitative estimate of drug-likeness (QED) is 0.412. The normalized spacial score (nSPS) is 10.8. The minimum absolute atomic E-state index is 0. The standard InChI is InChI=1S/C17H38N.ClH.H3N/c1-5-6-7-8-9-10-11-12-13-14-15-16-17-18(2,3)4;;/h5-17H2,1-4H3;1H;1H3/q+1;;/p-1. The summed E-state index contributed by atoms with van der Waals surface area (Å²) in [6, 6.07) is 0. The Morgan fingerprint density at radius 1 is 0.550 bits per heavy atom. The first kappa shape index (κ1) is 25.2. The van der Waals surface area contributed by atoms with E-state index in [1.807, 2.05) is 0 Å². The molecule has 0 radical (unpaired) electrons. The average Bonchev–Trinajstić information content (AvgIpc) is 2.29. The summed E-state index contributed by atoms with van der Waals surface area (Å²) >= 11 is 0. The first-order valence-corrected chi connectivity index (χ1v) is 8.36. The monoisotopic (exact) mass is 308 g/mol. The smallest absolute Gasteiger partial charge is 0.0780 e. The highest BCUT2D eigenvalue weighted by molar-refractivity contribution is 4.48. The predicted molar refractivity (Wildman–Crippen MR) is 89.0 cm³/mol. The zero-order valence-electron chi connectivity index (χ0n) is 14.7. The van der Waals surface area contributed by atoms with Crippen molar-refractivity contribution in [2.75, 3.05) is 27.7 Å². The van der Waals surface area contributed by atoms with Crippen LogP contribution in [-0.4, -0.2) is 32.2 Å². The molecule has 0 saturated carbocycles. The number of halogens is 1. The number of unbranched alkanes of at least 4 members (excludes halogenated alkanes) is 11. The van der Waals surface area contributed by atoms with Crippen LogP contribution in [0.2, 0.25) is 0 Å². The zero-order chi connectivity index (χ0) is 13.7. The van der Waals surface area contributed by atoms with Crippen molar-refractivity contribution in [2.24, 2.45) is 0 Å². The van der Waals surface area contributed by atoms with Crippen molar-refractivity contribution in [1.29, 1.82) is 0 Å². The molecule has 0 fully saturated rings. The lowest BCUT2D eigenvalue weighted by Crippen LogP contribution is -3.00. The third-order valence-electron chi connectivity index (χ3n) is 3.68. The van der Waals surface area contributed by atoms with Gasteiger partial charge in [0.2, 0.25) is 0 Å². The Kier molecular flexibility index (Phi) is 21.7. The van der Waals surface area contributed by atoms with Gasteiger partial charge in [0.15, 0.2) is 0 Å². The van der Waals surface area contributed by atoms with E-state index in [0.717, 1.165) is 4.48 Å². The SMILES string of the molecule is CCCCCCCCCCCCCC[N+](C)(C)C.N.[Cl-]. The van der Waals surface area contributed by atoms with Gasteiger partial charge in [-0.3, -0.25) is 0 Å². The van der Waals surface area contributed by atoms with Crippen molar-refractivity contribution in [1.82, 2.24) is 6.15 Å². The van der Waals surface area contributed by atoms with Gasteiger partial charge >= 0.3 is 0 Å². The summed E-state index contributed by atoms with van der Waals surface area (Å²) in [7, 11) is 6.87. The maximum Gasteiger partial charge on any atom is 0.0780 e. The van der Waals surface area contributed by atoms with Crippen molar-refractivity contribution in [2.45, 2.75) is 84.0 Å². The zero-order valence-corrected chi connectivity index (χ0v) is 15.5. The van der Waals surface area contributed by atoms with Crippen molar-refractivity contribution in [3.8, 4) is 0 Å². The summed E-state index contributed by atoms with van der Waals surface area (Å²) in [4.78, 5) is 0. The minimum Gasteiger partial charge on any atom is -1.00 e. The first-order valence-electron chi connectivity index (χ1n) is 8.36. The van der Waals surface area contributed by atoms with Crippen molar-refractivity contribution >= 4 is 0 Å². The van der Waals surface area contributed by atoms with Crippen LogP contribution in [0, 0.1) is 0 Å². The van der Waals surface area contributed by atoms with E-state index in [1.54, 1.807) is 0 Å². The van der Waals surface area contributed by atoms with Crippen LogP contribution in [0.25, 0.3) is 0 Å². The average molecular weight is 309 g/mol. The van der Waals surface area contributed by atoms with Gasteiger partial charge < -0.3 is 23.0 Å². The van der Waals surface area contributed by atoms with E-state index >= 15 is 0 Å². The van der Waals surface area contributed by atoms with Gasteiger partial charge in [-0.05, 0) is 12.8 Å². The molecule has 0 saturated heterocycles. The lowest BCUT2D eigenvalue weighted by molar-refractivity contribution is -0.870. The van der Waals surface area contributed by atoms with Crippen LogP contribution in [0.3, 0.4) is 0 Å². The second-order valence-electron chi connectivity index (χ2n) is 6.90. The second-order valence-corrected chi connectivity index (χ2v) is 6.90. The molecular formula is C17H41ClN2. The Morgan fingerprint density at radius 3 is 1.15 bits per heavy atom. The maximum absolute atomic E-state index is 2.29. The molecule has 0 bridgehead atoms. The van der Waals surface area contributed by atoms with Gasteiger partial charge in [-0.15, -0.1) is 0 Å². The first-order chi connectivity index (χ1) is 8.56. The summed E-state index contributed by atoms with van der Waals surface area (Å²) in [5.41, 5.74) is 0. The highest BCUT2D eigenvalue weighted by atomic mass is 35.5. The predicted octanol–water partition coefficient (Wildman–Crippen LogP) is 2.56. The van der Waals surface area contributed by atoms with Gasteiger partial charge in [0.1, 0.15) is 0 Å². The second kappa shape index (κ2) is 17.3. The van der Waals surface area contributed by atoms with E-state index in [2.05, 4.69) is 28.1 Å². The molecule has 126 valence electrons. The summed E-state index contributed by atoms with van der Waals surface area (Å²) in [5.74, 6) is 0. The van der Waals surface area contributed by atoms with Gasteiger partial charge in [0.05, 0.1) is 27.7 Å². The Balaban J connectivity index is -0.00000144. The molecule has 0 atom stereocenters. The highest BCUT2D eigenvalue weighted by Gasteiger charge is 2.04. The maximum atomic E-state index is 2.29. The topological polar surface area (TPSA) is 35.0 Å². The Morgan fingerprint density at radius 2 is 0.850 bits per heavy atom. The van der Waals surface area contributed by atoms with Gasteiger partial charge in [-0.2, -0.15) is 0 Å². The van der Waals surface area contributed by atoms with Crippen LogP contribution in [-0.2, 0) is 0 Å². The van der Waals surface area contributed by atoms with Crippen LogP contribution < -0.4 is 18.6 Å². The molecule has 0 spiro atoms. The molecule has 20 heavy (non-hydrogen) atoms. The van der Waals surface area contributed by atoms with E-state index in [4.69, 9.17) is 0 Å². The van der Waals surface area contributed by atoms with Crippen LogP contribution in [0.1, 0.15) is 84.0 Å². The van der Waals surface area contributed by atoms with E-state index in [9.17, 15) is 0 Å². The number of rotatable bonds is 13. The van der Waals surface area contributed by atoms with Crippen LogP contribution in [0.15, 0.2) is 0 Å². The van der Waals surface area contributed by atoms with Gasteiger partial charge in [0, 0.05) is 0 Å². The molecule has 0 aromatic rings. The summed E-state index contributed by atoms with van der Waals surface area (Å²) < 4.78 is 1.12. The number of quaternary nitrogens is 1. The molecule has 2 nitrogen and oxygen atoms in total. The minimum atomic E-state index is 0. The lowest BCUT2D eigenvalue weighted by atomic mass is 10.1. The largest absolute Gasteiger partial charge is 1.00 e. The van der Waals surface area contributed by atoms with Crippen molar-refractivity contribution in [3.63, 3.8) is 0 Å². The fraction of sp³-hybridized carbons (Fsp3) is 1.00. The molecule has 0 aromatic carbocycles. The fourth-order valence-corrected chi connectivity index (χ4v) is 2.43. The summed E-state index contributed by atoms with van der Waals surface area (Å²) in [6.45, 7) is 3.62. The molecule has 0 heterocycles. The van der Waals surface area contributed by atoms with Gasteiger partial charge in [-0.1, -0.05) is 71.1 Å². The molecule has 3 heteroatoms. The number of hydrogen-bond acceptors (Lipinski definition) is 1. The number of hydrogen-bond donors (Lipinski definition) is 1. The Labute approximate surface area is 135 Å². The fourth-order valence-electron chi connectivity index (χ4n) is 2.43. The Bertz CT molecular complexity index is 167. The van der Waals surface area contributed by atoms with E-state index in [-0.39, 0.29) is 18.6 Å². The van der Waals surface area contributed by atoms with Crippen molar-refractivity contribution in [3.05, 3.63) is 0 Å². The molecule has 0 aliphatic carbocycles. The van der Waals surface area contributed by atoms with E-state index in [0.29, 0.717) is 0 Å². The summed E-state index contributed by atoms with van der Waals surface area (Å²) in [5, 5.41) is 0. The third-order valence-corrected chi connectivity index (χ3v) is 3.68. The number of nitrogens with zero attached hydrogens (tertiary/aromatic N) is 1. The van der Waals surface area contributed by atoms with Crippen molar-refractivity contribution < 1.29 is 16.9 Å². The molecule has 0 unspecified atom stereocenters. The molecule has 0 rings (SSSR count). The molecular weight excluding hydrogens is 268 g/mol. The molecule has 0 aliphatic rings. The van der Waals surface area contributed by atoms with Gasteiger partial charge in [-0.25, -0.2) is 0 Å². The molecule has 0 amide bonds. The molecule has 0 aliphatic heterocycles. The molecule has 3 N–H and O–H groups in total. The lowest BCUT2D eigenvalue weighted by Gasteiger charge is -2.23. The molecule has 0 aromatic heterocycles. The van der Waals surface area contributed by atoms with Crippen LogP contribution in [0.4, 0.5) is 0 Å². The third kappa shape index (κ3) is 23.3. The van der Waals surface area contributed by atoms with Gasteiger partial charge in [0.25, 0.3) is 0 Å².